The van der Waals surface area contributed by atoms with Gasteiger partial charge in [0.25, 0.3) is 0 Å². The van der Waals surface area contributed by atoms with E-state index in [0.717, 1.165) is 0 Å². The van der Waals surface area contributed by atoms with E-state index in [2.05, 4.69) is 0 Å². The van der Waals surface area contributed by atoms with Crippen molar-refractivity contribution in [2.75, 3.05) is 6.61 Å². The Balaban J connectivity index is 2.57. The molecule has 3 N–H and O–H groups in total. The van der Waals surface area contributed by atoms with Crippen LogP contribution >= 0.6 is 23.2 Å². The highest BCUT2D eigenvalue weighted by molar-refractivity contribution is 6.37. The smallest absolute Gasteiger partial charge is 0.305 e. The molecular formula is C10H11Cl2NO3. The Kier molecular flexibility index (Phi) is 4.86. The van der Waals surface area contributed by atoms with Crippen LogP contribution < -0.4 is 10.5 Å². The van der Waals surface area contributed by atoms with E-state index in [-0.39, 0.29) is 13.0 Å². The number of hydrogen-bond acceptors (Lipinski definition) is 3. The first-order valence-electron chi connectivity index (χ1n) is 4.55. The van der Waals surface area contributed by atoms with Crippen LogP contribution in [0.5, 0.6) is 5.75 Å². The van der Waals surface area contributed by atoms with Gasteiger partial charge in [0.05, 0.1) is 16.5 Å². The number of nitrogens with two attached hydrogens (primary N) is 1. The molecule has 88 valence electrons. The molecule has 1 aromatic rings. The highest BCUT2D eigenvalue weighted by Crippen LogP contribution is 2.32. The van der Waals surface area contributed by atoms with Gasteiger partial charge in [-0.1, -0.05) is 29.3 Å². The average Bonchev–Trinajstić information content (AvgIpc) is 2.15. The Morgan fingerprint density at radius 1 is 1.44 bits per heavy atom. The quantitative estimate of drug-likeness (QED) is 0.854. The van der Waals surface area contributed by atoms with Crippen LogP contribution in [0.1, 0.15) is 6.42 Å². The fourth-order valence-corrected chi connectivity index (χ4v) is 1.60. The maximum Gasteiger partial charge on any atom is 0.305 e. The molecule has 0 amide bonds. The maximum atomic E-state index is 10.4. The van der Waals surface area contributed by atoms with Gasteiger partial charge >= 0.3 is 5.97 Å². The normalized spacial score (nSPS) is 12.2. The molecule has 0 aromatic heterocycles. The molecule has 1 rings (SSSR count). The Labute approximate surface area is 103 Å². The second-order valence-corrected chi connectivity index (χ2v) is 4.03. The predicted molar refractivity (Wildman–Crippen MR) is 62.2 cm³/mol. The van der Waals surface area contributed by atoms with Crippen LogP contribution in [0, 0.1) is 0 Å². The van der Waals surface area contributed by atoms with E-state index in [1.807, 2.05) is 0 Å². The average molecular weight is 264 g/mol. The first-order chi connectivity index (χ1) is 7.50. The van der Waals surface area contributed by atoms with E-state index >= 15 is 0 Å². The number of rotatable bonds is 5. The second-order valence-electron chi connectivity index (χ2n) is 3.22. The van der Waals surface area contributed by atoms with Gasteiger partial charge in [-0.15, -0.1) is 0 Å². The SMILES string of the molecule is NC(COc1c(Cl)cccc1Cl)CC(=O)O. The van der Waals surface area contributed by atoms with Crippen LogP contribution in [0.25, 0.3) is 0 Å². The summed E-state index contributed by atoms with van der Waals surface area (Å²) in [6.07, 6.45) is -0.165. The Morgan fingerprint density at radius 2 is 2.00 bits per heavy atom. The van der Waals surface area contributed by atoms with Crippen molar-refractivity contribution in [3.05, 3.63) is 28.2 Å². The number of carbonyl (C=O) groups is 1. The zero-order valence-electron chi connectivity index (χ0n) is 8.32. The number of aliphatic carboxylic acids is 1. The molecule has 0 fully saturated rings. The summed E-state index contributed by atoms with van der Waals surface area (Å²) in [6.45, 7) is 0.0513. The summed E-state index contributed by atoms with van der Waals surface area (Å²) in [6, 6.07) is 4.36. The number of halogens is 2. The minimum Gasteiger partial charge on any atom is -0.489 e. The molecule has 0 aliphatic carbocycles. The van der Waals surface area contributed by atoms with E-state index < -0.39 is 12.0 Å². The third kappa shape index (κ3) is 3.89. The van der Waals surface area contributed by atoms with Gasteiger partial charge in [0.15, 0.2) is 5.75 Å². The summed E-state index contributed by atoms with van der Waals surface area (Å²) < 4.78 is 5.28. The molecule has 0 spiro atoms. The van der Waals surface area contributed by atoms with Crippen LogP contribution in [-0.2, 0) is 4.79 Å². The molecule has 0 aliphatic heterocycles. The van der Waals surface area contributed by atoms with Gasteiger partial charge in [-0.2, -0.15) is 0 Å². The Bertz CT molecular complexity index is 364. The molecule has 0 saturated heterocycles. The van der Waals surface area contributed by atoms with Crippen molar-refractivity contribution < 1.29 is 14.6 Å². The number of para-hydroxylation sites is 1. The minimum absolute atomic E-state index is 0.0513. The van der Waals surface area contributed by atoms with E-state index in [1.54, 1.807) is 18.2 Å². The molecule has 0 radical (unpaired) electrons. The fraction of sp³-hybridized carbons (Fsp3) is 0.300. The summed E-state index contributed by atoms with van der Waals surface area (Å²) in [5.74, 6) is -0.645. The molecule has 4 nitrogen and oxygen atoms in total. The topological polar surface area (TPSA) is 72.5 Å². The molecule has 1 atom stereocenters. The fourth-order valence-electron chi connectivity index (χ4n) is 1.09. The summed E-state index contributed by atoms with van der Waals surface area (Å²) in [7, 11) is 0. The zero-order chi connectivity index (χ0) is 12.1. The number of ether oxygens (including phenoxy) is 1. The monoisotopic (exact) mass is 263 g/mol. The van der Waals surface area contributed by atoms with Crippen molar-refractivity contribution in [1.29, 1.82) is 0 Å². The number of benzene rings is 1. The maximum absolute atomic E-state index is 10.4. The number of carboxylic acid groups (broad SMARTS) is 1. The highest BCUT2D eigenvalue weighted by Gasteiger charge is 2.11. The zero-order valence-corrected chi connectivity index (χ0v) is 9.83. The molecular weight excluding hydrogens is 253 g/mol. The first-order valence-corrected chi connectivity index (χ1v) is 5.30. The lowest BCUT2D eigenvalue weighted by Gasteiger charge is -2.13. The Hall–Kier alpha value is -0.970. The molecule has 0 saturated carbocycles. The highest BCUT2D eigenvalue weighted by atomic mass is 35.5. The predicted octanol–water partition coefficient (Wildman–Crippen LogP) is 2.17. The molecule has 0 aliphatic rings. The standard InChI is InChI=1S/C10H11Cl2NO3/c11-7-2-1-3-8(12)10(7)16-5-6(13)4-9(14)15/h1-3,6H,4-5,13H2,(H,14,15). The van der Waals surface area contributed by atoms with E-state index in [0.29, 0.717) is 15.8 Å². The summed E-state index contributed by atoms with van der Waals surface area (Å²) in [5.41, 5.74) is 5.53. The Morgan fingerprint density at radius 3 is 2.50 bits per heavy atom. The first kappa shape index (κ1) is 13.1. The molecule has 1 aromatic carbocycles. The number of hydrogen-bond donors (Lipinski definition) is 2. The van der Waals surface area contributed by atoms with Gasteiger partial charge in [-0.05, 0) is 12.1 Å². The second kappa shape index (κ2) is 5.94. The van der Waals surface area contributed by atoms with Crippen LogP contribution in [0.4, 0.5) is 0 Å². The lowest BCUT2D eigenvalue weighted by atomic mass is 10.2. The van der Waals surface area contributed by atoms with Gasteiger partial charge in [0, 0.05) is 6.04 Å². The van der Waals surface area contributed by atoms with Crippen molar-refractivity contribution >= 4 is 29.2 Å². The summed E-state index contributed by atoms with van der Waals surface area (Å²) in [5, 5.41) is 9.24. The van der Waals surface area contributed by atoms with Crippen LogP contribution in [0.3, 0.4) is 0 Å². The van der Waals surface area contributed by atoms with Gasteiger partial charge in [0.2, 0.25) is 0 Å². The molecule has 16 heavy (non-hydrogen) atoms. The van der Waals surface area contributed by atoms with Crippen LogP contribution in [0.2, 0.25) is 10.0 Å². The van der Waals surface area contributed by atoms with Crippen molar-refractivity contribution in [3.63, 3.8) is 0 Å². The van der Waals surface area contributed by atoms with Gasteiger partial charge in [-0.25, -0.2) is 0 Å². The molecule has 0 heterocycles. The van der Waals surface area contributed by atoms with E-state index in [1.165, 1.54) is 0 Å². The summed E-state index contributed by atoms with van der Waals surface area (Å²) >= 11 is 11.7. The number of carboxylic acids is 1. The van der Waals surface area contributed by atoms with Crippen molar-refractivity contribution in [2.45, 2.75) is 12.5 Å². The lowest BCUT2D eigenvalue weighted by Crippen LogP contribution is -2.30. The molecule has 1 unspecified atom stereocenters. The van der Waals surface area contributed by atoms with Gasteiger partial charge < -0.3 is 15.6 Å². The van der Waals surface area contributed by atoms with E-state index in [9.17, 15) is 4.79 Å². The summed E-state index contributed by atoms with van der Waals surface area (Å²) in [4.78, 5) is 10.4. The van der Waals surface area contributed by atoms with Gasteiger partial charge in [-0.3, -0.25) is 4.79 Å². The minimum atomic E-state index is -0.971. The van der Waals surface area contributed by atoms with Crippen molar-refractivity contribution in [2.24, 2.45) is 5.73 Å². The van der Waals surface area contributed by atoms with Crippen molar-refractivity contribution in [3.8, 4) is 5.75 Å². The van der Waals surface area contributed by atoms with Crippen LogP contribution in [0.15, 0.2) is 18.2 Å². The van der Waals surface area contributed by atoms with Crippen LogP contribution in [-0.4, -0.2) is 23.7 Å². The lowest BCUT2D eigenvalue weighted by molar-refractivity contribution is -0.137. The third-order valence-electron chi connectivity index (χ3n) is 1.80. The van der Waals surface area contributed by atoms with E-state index in [4.69, 9.17) is 38.8 Å². The molecule has 6 heteroatoms. The largest absolute Gasteiger partial charge is 0.489 e. The van der Waals surface area contributed by atoms with Gasteiger partial charge in [0.1, 0.15) is 6.61 Å². The molecule has 0 bridgehead atoms. The third-order valence-corrected chi connectivity index (χ3v) is 2.39. The van der Waals surface area contributed by atoms with Crippen molar-refractivity contribution in [1.82, 2.24) is 0 Å².